The first-order chi connectivity index (χ1) is 11.3. The molecule has 5 rings (SSSR count). The van der Waals surface area contributed by atoms with Gasteiger partial charge in [0.2, 0.25) is 0 Å². The molecule has 0 N–H and O–H groups in total. The van der Waals surface area contributed by atoms with Crippen molar-refractivity contribution < 1.29 is 9.47 Å². The van der Waals surface area contributed by atoms with Crippen molar-refractivity contribution in [3.05, 3.63) is 11.8 Å². The van der Waals surface area contributed by atoms with Crippen LogP contribution in [0.3, 0.4) is 0 Å². The van der Waals surface area contributed by atoms with Gasteiger partial charge >= 0.3 is 0 Å². The van der Waals surface area contributed by atoms with Gasteiger partial charge in [0.25, 0.3) is 0 Å². The Morgan fingerprint density at radius 2 is 1.74 bits per heavy atom. The molecule has 0 bridgehead atoms. The number of ether oxygens (including phenoxy) is 2. The maximum absolute atomic E-state index is 5.47. The van der Waals surface area contributed by atoms with Crippen LogP contribution in [0.1, 0.15) is 38.5 Å². The topological polar surface area (TPSA) is 24.9 Å². The van der Waals surface area contributed by atoms with Gasteiger partial charge in [0, 0.05) is 36.7 Å². The zero-order valence-electron chi connectivity index (χ0n) is 14.3. The number of piperidine rings is 2. The van der Waals surface area contributed by atoms with E-state index in [9.17, 15) is 0 Å². The van der Waals surface area contributed by atoms with Crippen LogP contribution < -0.4 is 0 Å². The molecule has 4 aliphatic heterocycles. The van der Waals surface area contributed by atoms with E-state index in [4.69, 9.17) is 9.47 Å². The molecule has 5 aliphatic rings. The van der Waals surface area contributed by atoms with E-state index in [0.29, 0.717) is 10.8 Å². The minimum Gasteiger partial charge on any atom is -0.380 e. The summed E-state index contributed by atoms with van der Waals surface area (Å²) in [5.74, 6) is 0. The lowest BCUT2D eigenvalue weighted by atomic mass is 9.76. The number of likely N-dealkylation sites (tertiary alicyclic amines) is 2. The summed E-state index contributed by atoms with van der Waals surface area (Å²) in [6.45, 7) is 8.98. The minimum atomic E-state index is 0.581. The van der Waals surface area contributed by atoms with Crippen molar-refractivity contribution in [2.24, 2.45) is 10.8 Å². The number of nitrogens with zero attached hydrogens (tertiary/aromatic N) is 2. The predicted octanol–water partition coefficient (Wildman–Crippen LogP) is 2.26. The average molecular weight is 318 g/mol. The molecule has 3 saturated heterocycles. The van der Waals surface area contributed by atoms with Crippen LogP contribution in [-0.2, 0) is 9.47 Å². The Bertz CT molecular complexity index is 482. The highest BCUT2D eigenvalue weighted by molar-refractivity contribution is 5.14. The molecule has 0 aromatic heterocycles. The SMILES string of the molecule is C1=C(N2CCC3(CC2)CC3N2CCC3(CC2)COC3)CCOC1. The lowest BCUT2D eigenvalue weighted by Crippen LogP contribution is -2.52. The van der Waals surface area contributed by atoms with Gasteiger partial charge in [0.05, 0.1) is 26.4 Å². The maximum atomic E-state index is 5.47. The molecular weight excluding hydrogens is 288 g/mol. The quantitative estimate of drug-likeness (QED) is 0.780. The molecule has 2 spiro atoms. The molecule has 0 aromatic carbocycles. The summed E-state index contributed by atoms with van der Waals surface area (Å²) >= 11 is 0. The van der Waals surface area contributed by atoms with E-state index in [1.807, 2.05) is 0 Å². The van der Waals surface area contributed by atoms with Crippen LogP contribution in [0.5, 0.6) is 0 Å². The standard InChI is InChI=1S/C19H30N2O2/c1-11-22-12-2-16(1)20-9-5-19(6-10-20)13-17(19)21-7-3-18(4-8-21)14-23-15-18/h1,17H,2-15H2. The second-order valence-electron chi connectivity index (χ2n) is 8.62. The van der Waals surface area contributed by atoms with Crippen LogP contribution in [0, 0.1) is 10.8 Å². The normalized spacial score (nSPS) is 35.9. The Kier molecular flexibility index (Phi) is 3.50. The summed E-state index contributed by atoms with van der Waals surface area (Å²) in [7, 11) is 0. The van der Waals surface area contributed by atoms with E-state index in [0.717, 1.165) is 38.9 Å². The molecule has 1 atom stereocenters. The molecule has 4 heterocycles. The largest absolute Gasteiger partial charge is 0.380 e. The van der Waals surface area contributed by atoms with Crippen LogP contribution in [0.2, 0.25) is 0 Å². The van der Waals surface area contributed by atoms with Crippen LogP contribution in [0.15, 0.2) is 11.8 Å². The molecule has 0 aromatic rings. The van der Waals surface area contributed by atoms with E-state index in [2.05, 4.69) is 15.9 Å². The van der Waals surface area contributed by atoms with Crippen molar-refractivity contribution in [2.75, 3.05) is 52.6 Å². The summed E-state index contributed by atoms with van der Waals surface area (Å²) in [6, 6.07) is 0.895. The zero-order chi connectivity index (χ0) is 15.3. The highest BCUT2D eigenvalue weighted by Crippen LogP contribution is 2.58. The summed E-state index contributed by atoms with van der Waals surface area (Å²) in [5.41, 5.74) is 2.80. The average Bonchev–Trinajstić information content (AvgIpc) is 3.28. The summed E-state index contributed by atoms with van der Waals surface area (Å²) in [5, 5.41) is 0. The Morgan fingerprint density at radius 1 is 0.957 bits per heavy atom. The maximum Gasteiger partial charge on any atom is 0.0667 e. The van der Waals surface area contributed by atoms with Gasteiger partial charge in [-0.15, -0.1) is 0 Å². The van der Waals surface area contributed by atoms with Crippen LogP contribution >= 0.6 is 0 Å². The van der Waals surface area contributed by atoms with Crippen LogP contribution in [0.4, 0.5) is 0 Å². The van der Waals surface area contributed by atoms with E-state index >= 15 is 0 Å². The van der Waals surface area contributed by atoms with Crippen molar-refractivity contribution in [2.45, 2.75) is 44.6 Å². The molecule has 128 valence electrons. The highest BCUT2D eigenvalue weighted by Gasteiger charge is 2.58. The fraction of sp³-hybridized carbons (Fsp3) is 0.895. The second-order valence-corrected chi connectivity index (χ2v) is 8.62. The van der Waals surface area contributed by atoms with Crippen molar-refractivity contribution in [3.8, 4) is 0 Å². The first kappa shape index (κ1) is 14.7. The summed E-state index contributed by atoms with van der Waals surface area (Å²) in [6.07, 6.45) is 10.4. The minimum absolute atomic E-state index is 0.581. The molecule has 0 amide bonds. The van der Waals surface area contributed by atoms with Crippen molar-refractivity contribution in [1.29, 1.82) is 0 Å². The molecule has 0 radical (unpaired) electrons. The molecule has 1 aliphatic carbocycles. The number of rotatable bonds is 2. The molecule has 4 nitrogen and oxygen atoms in total. The van der Waals surface area contributed by atoms with E-state index in [-0.39, 0.29) is 0 Å². The Hall–Kier alpha value is -0.580. The van der Waals surface area contributed by atoms with Gasteiger partial charge in [-0.2, -0.15) is 0 Å². The summed E-state index contributed by atoms with van der Waals surface area (Å²) < 4.78 is 10.9. The first-order valence-corrected chi connectivity index (χ1v) is 9.62. The fourth-order valence-corrected chi connectivity index (χ4v) is 5.41. The number of hydrogen-bond donors (Lipinski definition) is 0. The lowest BCUT2D eigenvalue weighted by Gasteiger charge is -2.48. The molecule has 23 heavy (non-hydrogen) atoms. The molecule has 1 saturated carbocycles. The van der Waals surface area contributed by atoms with Gasteiger partial charge in [-0.25, -0.2) is 0 Å². The first-order valence-electron chi connectivity index (χ1n) is 9.62. The zero-order valence-corrected chi connectivity index (χ0v) is 14.3. The lowest BCUT2D eigenvalue weighted by molar-refractivity contribution is -0.141. The highest BCUT2D eigenvalue weighted by atomic mass is 16.5. The molecular formula is C19H30N2O2. The van der Waals surface area contributed by atoms with Gasteiger partial charge < -0.3 is 14.4 Å². The molecule has 4 fully saturated rings. The third kappa shape index (κ3) is 2.54. The predicted molar refractivity (Wildman–Crippen MR) is 89.2 cm³/mol. The van der Waals surface area contributed by atoms with E-state index < -0.39 is 0 Å². The Balaban J connectivity index is 1.15. The number of hydrogen-bond acceptors (Lipinski definition) is 4. The Labute approximate surface area is 139 Å². The van der Waals surface area contributed by atoms with Crippen LogP contribution in [-0.4, -0.2) is 68.4 Å². The molecule has 1 unspecified atom stereocenters. The van der Waals surface area contributed by atoms with E-state index in [1.165, 1.54) is 58.3 Å². The van der Waals surface area contributed by atoms with Gasteiger partial charge in [-0.3, -0.25) is 4.90 Å². The van der Waals surface area contributed by atoms with Crippen LogP contribution in [0.25, 0.3) is 0 Å². The van der Waals surface area contributed by atoms with E-state index in [1.54, 1.807) is 5.70 Å². The fourth-order valence-electron chi connectivity index (χ4n) is 5.41. The third-order valence-corrected chi connectivity index (χ3v) is 7.37. The molecule has 4 heteroatoms. The van der Waals surface area contributed by atoms with Gasteiger partial charge in [-0.1, -0.05) is 0 Å². The Morgan fingerprint density at radius 3 is 2.35 bits per heavy atom. The monoisotopic (exact) mass is 318 g/mol. The summed E-state index contributed by atoms with van der Waals surface area (Å²) in [4.78, 5) is 5.47. The second kappa shape index (κ2) is 5.47. The van der Waals surface area contributed by atoms with Gasteiger partial charge in [-0.05, 0) is 56.7 Å². The third-order valence-electron chi connectivity index (χ3n) is 7.37. The van der Waals surface area contributed by atoms with Crippen molar-refractivity contribution >= 4 is 0 Å². The van der Waals surface area contributed by atoms with Crippen molar-refractivity contribution in [1.82, 2.24) is 9.80 Å². The van der Waals surface area contributed by atoms with Gasteiger partial charge in [0.15, 0.2) is 0 Å². The smallest absolute Gasteiger partial charge is 0.0667 e. The van der Waals surface area contributed by atoms with Crippen molar-refractivity contribution in [3.63, 3.8) is 0 Å². The van der Waals surface area contributed by atoms with Gasteiger partial charge in [0.1, 0.15) is 0 Å².